The standard InChI is InChI=1S/C24H20N2S/c1-4-10-21(11-5-1)26(22-12-6-2-7-13-22)25-20-16-18-24(19-17-20)27-23-14-8-3-9-15-23/h1-19,25H. The Morgan fingerprint density at radius 2 is 0.926 bits per heavy atom. The molecule has 4 rings (SSSR count). The molecule has 0 saturated carbocycles. The number of para-hydroxylation sites is 2. The molecule has 0 saturated heterocycles. The average molecular weight is 369 g/mol. The zero-order valence-electron chi connectivity index (χ0n) is 14.8. The predicted molar refractivity (Wildman–Crippen MR) is 116 cm³/mol. The minimum Gasteiger partial charge on any atom is -0.294 e. The van der Waals surface area contributed by atoms with E-state index < -0.39 is 0 Å². The lowest BCUT2D eigenvalue weighted by atomic mass is 10.2. The van der Waals surface area contributed by atoms with E-state index in [0.29, 0.717) is 0 Å². The number of anilines is 3. The molecule has 0 aliphatic carbocycles. The molecule has 0 spiro atoms. The van der Waals surface area contributed by atoms with Gasteiger partial charge in [-0.1, -0.05) is 66.4 Å². The summed E-state index contributed by atoms with van der Waals surface area (Å²) < 4.78 is 0. The Kier molecular flexibility index (Phi) is 5.42. The number of hydrazine groups is 1. The van der Waals surface area contributed by atoms with Gasteiger partial charge in [-0.25, -0.2) is 0 Å². The minimum absolute atomic E-state index is 1.04. The van der Waals surface area contributed by atoms with Crippen molar-refractivity contribution in [2.24, 2.45) is 0 Å². The molecule has 0 aliphatic heterocycles. The van der Waals surface area contributed by atoms with Crippen LogP contribution in [0.2, 0.25) is 0 Å². The van der Waals surface area contributed by atoms with E-state index >= 15 is 0 Å². The van der Waals surface area contributed by atoms with Gasteiger partial charge in [-0.2, -0.15) is 0 Å². The van der Waals surface area contributed by atoms with Gasteiger partial charge in [0.25, 0.3) is 0 Å². The highest BCUT2D eigenvalue weighted by Gasteiger charge is 2.09. The van der Waals surface area contributed by atoms with Gasteiger partial charge in [0.15, 0.2) is 0 Å². The third-order valence-corrected chi connectivity index (χ3v) is 5.12. The quantitative estimate of drug-likeness (QED) is 0.369. The maximum atomic E-state index is 3.53. The second-order valence-corrected chi connectivity index (χ2v) is 7.20. The van der Waals surface area contributed by atoms with Crippen LogP contribution in [0.25, 0.3) is 0 Å². The fourth-order valence-electron chi connectivity index (χ4n) is 2.78. The average Bonchev–Trinajstić information content (AvgIpc) is 2.75. The summed E-state index contributed by atoms with van der Waals surface area (Å²) in [5, 5.41) is 2.10. The second-order valence-electron chi connectivity index (χ2n) is 6.06. The van der Waals surface area contributed by atoms with Gasteiger partial charge < -0.3 is 0 Å². The Bertz CT molecular complexity index is 916. The molecule has 0 fully saturated rings. The lowest BCUT2D eigenvalue weighted by Crippen LogP contribution is -2.24. The van der Waals surface area contributed by atoms with Crippen molar-refractivity contribution in [3.63, 3.8) is 0 Å². The van der Waals surface area contributed by atoms with E-state index in [1.54, 1.807) is 11.8 Å². The van der Waals surface area contributed by atoms with Crippen LogP contribution >= 0.6 is 11.8 Å². The number of nitrogens with one attached hydrogen (secondary N) is 1. The van der Waals surface area contributed by atoms with Gasteiger partial charge in [-0.3, -0.25) is 10.4 Å². The Morgan fingerprint density at radius 1 is 0.481 bits per heavy atom. The molecule has 0 heterocycles. The number of benzene rings is 4. The first kappa shape index (κ1) is 17.3. The van der Waals surface area contributed by atoms with E-state index in [4.69, 9.17) is 0 Å². The third kappa shape index (κ3) is 4.52. The monoisotopic (exact) mass is 368 g/mol. The number of nitrogens with zero attached hydrogens (tertiary/aromatic N) is 1. The van der Waals surface area contributed by atoms with Crippen LogP contribution in [0.15, 0.2) is 125 Å². The summed E-state index contributed by atoms with van der Waals surface area (Å²) in [7, 11) is 0. The fraction of sp³-hybridized carbons (Fsp3) is 0. The van der Waals surface area contributed by atoms with Crippen molar-refractivity contribution in [1.29, 1.82) is 0 Å². The van der Waals surface area contributed by atoms with Crippen molar-refractivity contribution in [3.8, 4) is 0 Å². The maximum Gasteiger partial charge on any atom is 0.0630 e. The van der Waals surface area contributed by atoms with Gasteiger partial charge in [0, 0.05) is 9.79 Å². The van der Waals surface area contributed by atoms with E-state index in [1.165, 1.54) is 9.79 Å². The maximum absolute atomic E-state index is 3.53. The van der Waals surface area contributed by atoms with Crippen molar-refractivity contribution < 1.29 is 0 Å². The predicted octanol–water partition coefficient (Wildman–Crippen LogP) is 7.00. The van der Waals surface area contributed by atoms with Gasteiger partial charge in [0.05, 0.1) is 17.1 Å². The van der Waals surface area contributed by atoms with Crippen LogP contribution in [0, 0.1) is 0 Å². The molecule has 1 N–H and O–H groups in total. The molecule has 0 aliphatic rings. The molecule has 0 radical (unpaired) electrons. The highest BCUT2D eigenvalue weighted by molar-refractivity contribution is 7.99. The Morgan fingerprint density at radius 3 is 1.44 bits per heavy atom. The minimum atomic E-state index is 1.04. The summed E-state index contributed by atoms with van der Waals surface area (Å²) in [5.41, 5.74) is 6.75. The highest BCUT2D eigenvalue weighted by atomic mass is 32.2. The zero-order chi connectivity index (χ0) is 18.3. The summed E-state index contributed by atoms with van der Waals surface area (Å²) in [6.07, 6.45) is 0. The van der Waals surface area contributed by atoms with Gasteiger partial charge in [-0.15, -0.1) is 0 Å². The molecule has 0 atom stereocenters. The van der Waals surface area contributed by atoms with Gasteiger partial charge in [0.2, 0.25) is 0 Å². The molecule has 0 bridgehead atoms. The van der Waals surface area contributed by atoms with Crippen LogP contribution in [-0.4, -0.2) is 0 Å². The lowest BCUT2D eigenvalue weighted by molar-refractivity contribution is 1.16. The van der Waals surface area contributed by atoms with Crippen LogP contribution in [-0.2, 0) is 0 Å². The number of rotatable bonds is 6. The smallest absolute Gasteiger partial charge is 0.0630 e. The molecular weight excluding hydrogens is 348 g/mol. The Hall–Kier alpha value is -3.17. The molecule has 4 aromatic rings. The van der Waals surface area contributed by atoms with E-state index in [2.05, 4.69) is 83.2 Å². The molecule has 0 amide bonds. The normalized spacial score (nSPS) is 10.4. The molecule has 4 aromatic carbocycles. The van der Waals surface area contributed by atoms with Crippen molar-refractivity contribution in [2.45, 2.75) is 9.79 Å². The summed E-state index contributed by atoms with van der Waals surface area (Å²) in [4.78, 5) is 2.46. The topological polar surface area (TPSA) is 15.3 Å². The molecule has 0 aromatic heterocycles. The molecule has 27 heavy (non-hydrogen) atoms. The van der Waals surface area contributed by atoms with E-state index in [9.17, 15) is 0 Å². The largest absolute Gasteiger partial charge is 0.294 e. The zero-order valence-corrected chi connectivity index (χ0v) is 15.6. The van der Waals surface area contributed by atoms with Crippen LogP contribution in [0.3, 0.4) is 0 Å². The van der Waals surface area contributed by atoms with Crippen LogP contribution in [0.5, 0.6) is 0 Å². The molecule has 2 nitrogen and oxygen atoms in total. The van der Waals surface area contributed by atoms with Crippen LogP contribution in [0.1, 0.15) is 0 Å². The SMILES string of the molecule is c1ccc(Sc2ccc(NN(c3ccccc3)c3ccccc3)cc2)cc1. The van der Waals surface area contributed by atoms with Crippen molar-refractivity contribution in [2.75, 3.05) is 10.4 Å². The molecule has 0 unspecified atom stereocenters. The molecule has 132 valence electrons. The third-order valence-electron chi connectivity index (χ3n) is 4.10. The first-order chi connectivity index (χ1) is 13.4. The van der Waals surface area contributed by atoms with E-state index in [1.807, 2.05) is 42.5 Å². The van der Waals surface area contributed by atoms with Crippen molar-refractivity contribution in [3.05, 3.63) is 115 Å². The highest BCUT2D eigenvalue weighted by Crippen LogP contribution is 2.30. The van der Waals surface area contributed by atoms with Crippen molar-refractivity contribution in [1.82, 2.24) is 0 Å². The molecule has 3 heteroatoms. The van der Waals surface area contributed by atoms with E-state index in [0.717, 1.165) is 17.1 Å². The Balaban J connectivity index is 1.55. The summed E-state index contributed by atoms with van der Waals surface area (Å²) in [6.45, 7) is 0. The first-order valence-corrected chi connectivity index (χ1v) is 9.70. The second kappa shape index (κ2) is 8.47. The number of hydrogen-bond acceptors (Lipinski definition) is 3. The summed E-state index contributed by atoms with van der Waals surface area (Å²) in [5.74, 6) is 0. The molecular formula is C24H20N2S. The first-order valence-electron chi connectivity index (χ1n) is 8.88. The van der Waals surface area contributed by atoms with Gasteiger partial charge in [-0.05, 0) is 60.7 Å². The Labute approximate surface area is 164 Å². The van der Waals surface area contributed by atoms with Crippen molar-refractivity contribution >= 4 is 28.8 Å². The van der Waals surface area contributed by atoms with Gasteiger partial charge >= 0.3 is 0 Å². The fourth-order valence-corrected chi connectivity index (χ4v) is 3.62. The van der Waals surface area contributed by atoms with E-state index in [-0.39, 0.29) is 0 Å². The summed E-state index contributed by atoms with van der Waals surface area (Å²) >= 11 is 1.77. The summed E-state index contributed by atoms with van der Waals surface area (Å²) in [6, 6.07) is 39.6. The lowest BCUT2D eigenvalue weighted by Gasteiger charge is -2.26. The van der Waals surface area contributed by atoms with Crippen LogP contribution in [0.4, 0.5) is 17.1 Å². The number of hydrogen-bond donors (Lipinski definition) is 1. The van der Waals surface area contributed by atoms with Crippen LogP contribution < -0.4 is 10.4 Å². The van der Waals surface area contributed by atoms with Gasteiger partial charge in [0.1, 0.15) is 0 Å².